The topological polar surface area (TPSA) is 46.5 Å². The van der Waals surface area contributed by atoms with Gasteiger partial charge < -0.3 is 19.5 Å². The molecule has 0 spiro atoms. The van der Waals surface area contributed by atoms with E-state index in [0.717, 1.165) is 43.2 Å². The van der Waals surface area contributed by atoms with E-state index >= 15 is 0 Å². The van der Waals surface area contributed by atoms with Crippen molar-refractivity contribution in [2.75, 3.05) is 26.2 Å². The number of benzene rings is 3. The highest BCUT2D eigenvalue weighted by molar-refractivity contribution is 5.86. The largest absolute Gasteiger partial charge is 0.457 e. The van der Waals surface area contributed by atoms with Gasteiger partial charge in [0.15, 0.2) is 0 Å². The van der Waals surface area contributed by atoms with Gasteiger partial charge in [-0.25, -0.2) is 0 Å². The first-order valence-electron chi connectivity index (χ1n) is 13.1. The molecule has 1 aromatic heterocycles. The number of rotatable bonds is 10. The van der Waals surface area contributed by atoms with Crippen LogP contribution in [0.15, 0.2) is 85.1 Å². The Kier molecular flexibility index (Phi) is 7.67. The van der Waals surface area contributed by atoms with Gasteiger partial charge in [-0.1, -0.05) is 48.5 Å². The molecule has 0 bridgehead atoms. The Hall–Kier alpha value is -3.57. The Morgan fingerprint density at radius 3 is 2.50 bits per heavy atom. The Morgan fingerprint density at radius 2 is 1.69 bits per heavy atom. The first kappa shape index (κ1) is 24.1. The molecule has 1 aliphatic heterocycles. The number of aromatic nitrogens is 1. The van der Waals surface area contributed by atoms with Crippen molar-refractivity contribution in [3.8, 4) is 11.5 Å². The standard InChI is InChI=1S/C31H35N3O2/c1-2-34-23-29(27-15-6-7-16-30(27)34)28(22-31(35)32-17-20-33-18-8-9-19-33)24-11-10-14-26(21-24)36-25-12-4-3-5-13-25/h3-7,10-16,21,23,28H,2,8-9,17-20,22H2,1H3,(H,32,35)/t28-/m1/s1. The van der Waals surface area contributed by atoms with Crippen molar-refractivity contribution in [3.05, 3.63) is 96.2 Å². The lowest BCUT2D eigenvalue weighted by Gasteiger charge is -2.19. The molecular formula is C31H35N3O2. The lowest BCUT2D eigenvalue weighted by Crippen LogP contribution is -2.34. The summed E-state index contributed by atoms with van der Waals surface area (Å²) in [6, 6.07) is 26.5. The minimum Gasteiger partial charge on any atom is -0.457 e. The van der Waals surface area contributed by atoms with Gasteiger partial charge in [-0.15, -0.1) is 0 Å². The molecule has 0 saturated carbocycles. The van der Waals surface area contributed by atoms with E-state index in [1.54, 1.807) is 0 Å². The van der Waals surface area contributed by atoms with Crippen LogP contribution in [0.25, 0.3) is 10.9 Å². The van der Waals surface area contributed by atoms with Crippen molar-refractivity contribution < 1.29 is 9.53 Å². The van der Waals surface area contributed by atoms with E-state index in [-0.39, 0.29) is 11.8 Å². The number of nitrogens with zero attached hydrogens (tertiary/aromatic N) is 2. The fourth-order valence-corrected chi connectivity index (χ4v) is 5.26. The van der Waals surface area contributed by atoms with Crippen molar-refractivity contribution in [2.24, 2.45) is 0 Å². The zero-order chi connectivity index (χ0) is 24.7. The highest BCUT2D eigenvalue weighted by Gasteiger charge is 2.23. The highest BCUT2D eigenvalue weighted by Crippen LogP contribution is 2.36. The summed E-state index contributed by atoms with van der Waals surface area (Å²) in [6.45, 7) is 6.94. The predicted octanol–water partition coefficient (Wildman–Crippen LogP) is 6.19. The van der Waals surface area contributed by atoms with Gasteiger partial charge in [0.05, 0.1) is 0 Å². The van der Waals surface area contributed by atoms with E-state index in [9.17, 15) is 4.79 Å². The molecule has 4 aromatic rings. The van der Waals surface area contributed by atoms with Crippen molar-refractivity contribution >= 4 is 16.8 Å². The van der Waals surface area contributed by atoms with Gasteiger partial charge >= 0.3 is 0 Å². The maximum Gasteiger partial charge on any atom is 0.220 e. The number of aryl methyl sites for hydroxylation is 1. The number of carbonyl (C=O) groups is 1. The van der Waals surface area contributed by atoms with Gasteiger partial charge in [-0.3, -0.25) is 4.79 Å². The van der Waals surface area contributed by atoms with Gasteiger partial charge in [0.1, 0.15) is 11.5 Å². The van der Waals surface area contributed by atoms with Gasteiger partial charge in [0, 0.05) is 49.1 Å². The maximum absolute atomic E-state index is 13.2. The van der Waals surface area contributed by atoms with Crippen LogP contribution in [0, 0.1) is 0 Å². The van der Waals surface area contributed by atoms with E-state index in [1.165, 1.54) is 29.3 Å². The zero-order valence-electron chi connectivity index (χ0n) is 21.0. The molecule has 2 heterocycles. The summed E-state index contributed by atoms with van der Waals surface area (Å²) < 4.78 is 8.41. The summed E-state index contributed by atoms with van der Waals surface area (Å²) in [4.78, 5) is 15.6. The first-order chi connectivity index (χ1) is 17.7. The van der Waals surface area contributed by atoms with Crippen LogP contribution in [0.2, 0.25) is 0 Å². The number of fused-ring (bicyclic) bond motifs is 1. The zero-order valence-corrected chi connectivity index (χ0v) is 21.0. The second-order valence-corrected chi connectivity index (χ2v) is 9.53. The number of ether oxygens (including phenoxy) is 1. The average Bonchev–Trinajstić information content (AvgIpc) is 3.56. The second kappa shape index (κ2) is 11.4. The van der Waals surface area contributed by atoms with Crippen molar-refractivity contribution in [1.29, 1.82) is 0 Å². The molecule has 0 aliphatic carbocycles. The van der Waals surface area contributed by atoms with Crippen LogP contribution in [0.3, 0.4) is 0 Å². The highest BCUT2D eigenvalue weighted by atomic mass is 16.5. The number of carbonyl (C=O) groups excluding carboxylic acids is 1. The number of hydrogen-bond acceptors (Lipinski definition) is 3. The predicted molar refractivity (Wildman–Crippen MR) is 146 cm³/mol. The van der Waals surface area contributed by atoms with E-state index in [4.69, 9.17) is 4.74 Å². The minimum atomic E-state index is -0.0752. The average molecular weight is 482 g/mol. The third-order valence-corrected chi connectivity index (χ3v) is 7.11. The van der Waals surface area contributed by atoms with Gasteiger partial charge in [-0.05, 0) is 74.3 Å². The molecule has 1 N–H and O–H groups in total. The van der Waals surface area contributed by atoms with Crippen LogP contribution in [-0.2, 0) is 11.3 Å². The molecule has 1 saturated heterocycles. The van der Waals surface area contributed by atoms with Gasteiger partial charge in [0.2, 0.25) is 5.91 Å². The van der Waals surface area contributed by atoms with Crippen LogP contribution in [0.5, 0.6) is 11.5 Å². The third kappa shape index (κ3) is 5.63. The summed E-state index contributed by atoms with van der Waals surface area (Å²) in [5.41, 5.74) is 3.46. The van der Waals surface area contributed by atoms with Crippen LogP contribution in [-0.4, -0.2) is 41.6 Å². The smallest absolute Gasteiger partial charge is 0.220 e. The number of para-hydroxylation sites is 2. The fourth-order valence-electron chi connectivity index (χ4n) is 5.26. The summed E-state index contributed by atoms with van der Waals surface area (Å²) in [7, 11) is 0. The second-order valence-electron chi connectivity index (χ2n) is 9.53. The molecule has 1 atom stereocenters. The number of amides is 1. The molecule has 0 unspecified atom stereocenters. The molecule has 1 aliphatic rings. The Labute approximate surface area is 213 Å². The van der Waals surface area contributed by atoms with Crippen molar-refractivity contribution in [1.82, 2.24) is 14.8 Å². The Bertz CT molecular complexity index is 1290. The normalized spacial score (nSPS) is 14.7. The molecule has 36 heavy (non-hydrogen) atoms. The van der Waals surface area contributed by atoms with E-state index in [1.807, 2.05) is 42.5 Å². The van der Waals surface area contributed by atoms with Gasteiger partial charge in [-0.2, -0.15) is 0 Å². The third-order valence-electron chi connectivity index (χ3n) is 7.11. The van der Waals surface area contributed by atoms with E-state index in [0.29, 0.717) is 13.0 Å². The molecule has 3 aromatic carbocycles. The van der Waals surface area contributed by atoms with E-state index in [2.05, 4.69) is 64.3 Å². The summed E-state index contributed by atoms with van der Waals surface area (Å²) in [5, 5.41) is 4.38. The SMILES string of the molecule is CCn1cc([C@H](CC(=O)NCCN2CCCC2)c2cccc(Oc3ccccc3)c2)c2ccccc21. The van der Waals surface area contributed by atoms with Crippen LogP contribution in [0.4, 0.5) is 0 Å². The number of nitrogens with one attached hydrogen (secondary N) is 1. The van der Waals surface area contributed by atoms with Gasteiger partial charge in [0.25, 0.3) is 0 Å². The molecule has 5 nitrogen and oxygen atoms in total. The summed E-state index contributed by atoms with van der Waals surface area (Å²) in [5.74, 6) is 1.58. The fraction of sp³-hybridized carbons (Fsp3) is 0.323. The first-order valence-corrected chi connectivity index (χ1v) is 13.1. The van der Waals surface area contributed by atoms with Crippen molar-refractivity contribution in [2.45, 2.75) is 38.6 Å². The molecular weight excluding hydrogens is 446 g/mol. The van der Waals surface area contributed by atoms with Crippen LogP contribution >= 0.6 is 0 Å². The monoisotopic (exact) mass is 481 g/mol. The van der Waals surface area contributed by atoms with Crippen LogP contribution in [0.1, 0.15) is 43.2 Å². The molecule has 5 rings (SSSR count). The number of hydrogen-bond donors (Lipinski definition) is 1. The Morgan fingerprint density at radius 1 is 0.944 bits per heavy atom. The molecule has 5 heteroatoms. The quantitative estimate of drug-likeness (QED) is 0.294. The maximum atomic E-state index is 13.2. The molecule has 1 amide bonds. The minimum absolute atomic E-state index is 0.0752. The molecule has 0 radical (unpaired) electrons. The molecule has 1 fully saturated rings. The lowest BCUT2D eigenvalue weighted by molar-refractivity contribution is -0.121. The number of likely N-dealkylation sites (tertiary alicyclic amines) is 1. The lowest BCUT2D eigenvalue weighted by atomic mass is 9.88. The molecule has 186 valence electrons. The summed E-state index contributed by atoms with van der Waals surface area (Å²) >= 11 is 0. The van der Waals surface area contributed by atoms with Crippen molar-refractivity contribution in [3.63, 3.8) is 0 Å². The summed E-state index contributed by atoms with van der Waals surface area (Å²) in [6.07, 6.45) is 5.14. The Balaban J connectivity index is 1.42. The van der Waals surface area contributed by atoms with Crippen LogP contribution < -0.4 is 10.1 Å². The van der Waals surface area contributed by atoms with E-state index < -0.39 is 0 Å².